The van der Waals surface area contributed by atoms with Crippen LogP contribution in [0.3, 0.4) is 0 Å². The monoisotopic (exact) mass is 343 g/mol. The fourth-order valence-corrected chi connectivity index (χ4v) is 2.22. The summed E-state index contributed by atoms with van der Waals surface area (Å²) in [6, 6.07) is 10.4. The van der Waals surface area contributed by atoms with E-state index in [1.165, 1.54) is 13.2 Å². The Morgan fingerprint density at radius 3 is 2.32 bits per heavy atom. The Kier molecular flexibility index (Phi) is 6.28. The van der Waals surface area contributed by atoms with Crippen molar-refractivity contribution in [2.75, 3.05) is 21.3 Å². The number of hydrogen-bond acceptors (Lipinski definition) is 5. The number of benzene rings is 2. The van der Waals surface area contributed by atoms with Gasteiger partial charge in [0.05, 0.1) is 21.3 Å². The first kappa shape index (κ1) is 18.2. The van der Waals surface area contributed by atoms with E-state index in [0.29, 0.717) is 23.8 Å². The average Bonchev–Trinajstić information content (AvgIpc) is 2.64. The summed E-state index contributed by atoms with van der Waals surface area (Å²) in [5, 5.41) is 12.5. The van der Waals surface area contributed by atoms with E-state index in [1.54, 1.807) is 50.6 Å². The lowest BCUT2D eigenvalue weighted by Crippen LogP contribution is -2.20. The van der Waals surface area contributed by atoms with Crippen LogP contribution in [-0.2, 0) is 11.3 Å². The third kappa shape index (κ3) is 4.91. The van der Waals surface area contributed by atoms with Gasteiger partial charge in [0.15, 0.2) is 23.0 Å². The summed E-state index contributed by atoms with van der Waals surface area (Å²) in [5.74, 6) is 1.41. The van der Waals surface area contributed by atoms with Crippen LogP contribution in [0.2, 0.25) is 0 Å². The number of phenolic OH excluding ortho intramolecular Hbond substituents is 1. The van der Waals surface area contributed by atoms with Crippen molar-refractivity contribution in [1.29, 1.82) is 0 Å². The number of phenols is 1. The average molecular weight is 343 g/mol. The van der Waals surface area contributed by atoms with Crippen LogP contribution in [0.4, 0.5) is 0 Å². The van der Waals surface area contributed by atoms with Crippen molar-refractivity contribution in [2.24, 2.45) is 0 Å². The van der Waals surface area contributed by atoms with Gasteiger partial charge in [-0.2, -0.15) is 0 Å². The Morgan fingerprint density at radius 2 is 1.68 bits per heavy atom. The van der Waals surface area contributed by atoms with Gasteiger partial charge in [0.2, 0.25) is 5.91 Å². The molecule has 6 nitrogen and oxygen atoms in total. The quantitative estimate of drug-likeness (QED) is 0.756. The van der Waals surface area contributed by atoms with Crippen LogP contribution in [0.5, 0.6) is 23.0 Å². The number of aromatic hydroxyl groups is 1. The zero-order chi connectivity index (χ0) is 18.2. The lowest BCUT2D eigenvalue weighted by Gasteiger charge is -2.08. The molecule has 0 atom stereocenters. The first-order valence-corrected chi connectivity index (χ1v) is 7.61. The number of nitrogens with one attached hydrogen (secondary N) is 1. The molecule has 0 unspecified atom stereocenters. The summed E-state index contributed by atoms with van der Waals surface area (Å²) < 4.78 is 15.4. The molecule has 0 aliphatic rings. The molecule has 2 N–H and O–H groups in total. The van der Waals surface area contributed by atoms with Crippen LogP contribution in [-0.4, -0.2) is 32.3 Å². The number of ether oxygens (including phenoxy) is 3. The molecule has 0 saturated heterocycles. The molecule has 0 bridgehead atoms. The second kappa shape index (κ2) is 8.63. The summed E-state index contributed by atoms with van der Waals surface area (Å²) in [5.41, 5.74) is 1.58. The largest absolute Gasteiger partial charge is 0.504 e. The van der Waals surface area contributed by atoms with Gasteiger partial charge in [-0.25, -0.2) is 0 Å². The zero-order valence-electron chi connectivity index (χ0n) is 14.4. The third-order valence-corrected chi connectivity index (χ3v) is 3.54. The topological polar surface area (TPSA) is 77.0 Å². The molecule has 0 aliphatic heterocycles. The molecule has 0 radical (unpaired) electrons. The Morgan fingerprint density at radius 1 is 1.00 bits per heavy atom. The summed E-state index contributed by atoms with van der Waals surface area (Å²) in [6.07, 6.45) is 3.12. The van der Waals surface area contributed by atoms with Gasteiger partial charge >= 0.3 is 0 Å². The molecule has 132 valence electrons. The SMILES string of the molecule is COc1ccc(CNC(=O)C=Cc2ccc(OC)c(OC)c2)cc1O. The van der Waals surface area contributed by atoms with E-state index in [4.69, 9.17) is 14.2 Å². The van der Waals surface area contributed by atoms with Crippen molar-refractivity contribution in [3.63, 3.8) is 0 Å². The molecular weight excluding hydrogens is 322 g/mol. The van der Waals surface area contributed by atoms with Crippen LogP contribution in [0.25, 0.3) is 6.08 Å². The lowest BCUT2D eigenvalue weighted by molar-refractivity contribution is -0.116. The Labute approximate surface area is 146 Å². The zero-order valence-corrected chi connectivity index (χ0v) is 14.4. The molecule has 0 aromatic heterocycles. The third-order valence-electron chi connectivity index (χ3n) is 3.54. The van der Waals surface area contributed by atoms with Crippen LogP contribution in [0.1, 0.15) is 11.1 Å². The molecule has 2 rings (SSSR count). The van der Waals surface area contributed by atoms with E-state index in [0.717, 1.165) is 11.1 Å². The van der Waals surface area contributed by atoms with Crippen molar-refractivity contribution < 1.29 is 24.1 Å². The predicted octanol–water partition coefficient (Wildman–Crippen LogP) is 2.75. The standard InChI is InChI=1S/C19H21NO5/c1-23-16-7-5-14(10-15(16)21)12-20-19(22)9-6-13-4-8-17(24-2)18(11-13)25-3/h4-11,21H,12H2,1-3H3,(H,20,22). The number of rotatable bonds is 7. The van der Waals surface area contributed by atoms with E-state index >= 15 is 0 Å². The molecule has 0 aliphatic carbocycles. The number of hydrogen-bond donors (Lipinski definition) is 2. The highest BCUT2D eigenvalue weighted by molar-refractivity contribution is 5.91. The highest BCUT2D eigenvalue weighted by Crippen LogP contribution is 2.28. The van der Waals surface area contributed by atoms with Crippen molar-refractivity contribution in [3.8, 4) is 23.0 Å². The minimum Gasteiger partial charge on any atom is -0.504 e. The normalized spacial score (nSPS) is 10.5. The van der Waals surface area contributed by atoms with Crippen LogP contribution in [0.15, 0.2) is 42.5 Å². The molecular formula is C19H21NO5. The Balaban J connectivity index is 1.95. The molecule has 0 heterocycles. The number of methoxy groups -OCH3 is 3. The van der Waals surface area contributed by atoms with E-state index in [9.17, 15) is 9.90 Å². The molecule has 0 spiro atoms. The molecule has 1 amide bonds. The van der Waals surface area contributed by atoms with Crippen molar-refractivity contribution in [3.05, 3.63) is 53.6 Å². The summed E-state index contributed by atoms with van der Waals surface area (Å²) in [6.45, 7) is 0.298. The van der Waals surface area contributed by atoms with E-state index < -0.39 is 0 Å². The van der Waals surface area contributed by atoms with Gasteiger partial charge in [0, 0.05) is 12.6 Å². The highest BCUT2D eigenvalue weighted by Gasteiger charge is 2.05. The summed E-state index contributed by atoms with van der Waals surface area (Å²) in [4.78, 5) is 11.9. The first-order chi connectivity index (χ1) is 12.1. The van der Waals surface area contributed by atoms with Gasteiger partial charge in [0.1, 0.15) is 0 Å². The molecule has 0 fully saturated rings. The first-order valence-electron chi connectivity index (χ1n) is 7.61. The van der Waals surface area contributed by atoms with Crippen molar-refractivity contribution >= 4 is 12.0 Å². The minimum atomic E-state index is -0.245. The van der Waals surface area contributed by atoms with Crippen molar-refractivity contribution in [1.82, 2.24) is 5.32 Å². The second-order valence-corrected chi connectivity index (χ2v) is 5.17. The van der Waals surface area contributed by atoms with Crippen LogP contribution < -0.4 is 19.5 Å². The van der Waals surface area contributed by atoms with Gasteiger partial charge in [-0.3, -0.25) is 4.79 Å². The number of carbonyl (C=O) groups excluding carboxylic acids is 1. The van der Waals surface area contributed by atoms with Crippen LogP contribution in [0, 0.1) is 0 Å². The Bertz CT molecular complexity index is 770. The second-order valence-electron chi connectivity index (χ2n) is 5.17. The molecule has 6 heteroatoms. The van der Waals surface area contributed by atoms with Gasteiger partial charge < -0.3 is 24.6 Å². The fourth-order valence-electron chi connectivity index (χ4n) is 2.22. The maximum atomic E-state index is 11.9. The number of carbonyl (C=O) groups is 1. The Hall–Kier alpha value is -3.15. The van der Waals surface area contributed by atoms with Gasteiger partial charge in [0.25, 0.3) is 0 Å². The van der Waals surface area contributed by atoms with Gasteiger partial charge in [-0.05, 0) is 41.5 Å². The van der Waals surface area contributed by atoms with E-state index in [-0.39, 0.29) is 11.7 Å². The smallest absolute Gasteiger partial charge is 0.244 e. The maximum absolute atomic E-state index is 11.9. The molecule has 25 heavy (non-hydrogen) atoms. The molecule has 2 aromatic carbocycles. The fraction of sp³-hybridized carbons (Fsp3) is 0.211. The van der Waals surface area contributed by atoms with Crippen molar-refractivity contribution in [2.45, 2.75) is 6.54 Å². The number of amides is 1. The minimum absolute atomic E-state index is 0.0371. The van der Waals surface area contributed by atoms with Gasteiger partial charge in [-0.1, -0.05) is 12.1 Å². The molecule has 2 aromatic rings. The summed E-state index contributed by atoms with van der Waals surface area (Å²) >= 11 is 0. The van der Waals surface area contributed by atoms with Gasteiger partial charge in [-0.15, -0.1) is 0 Å². The van der Waals surface area contributed by atoms with Crippen LogP contribution >= 0.6 is 0 Å². The highest BCUT2D eigenvalue weighted by atomic mass is 16.5. The van der Waals surface area contributed by atoms with E-state index in [1.807, 2.05) is 6.07 Å². The molecule has 0 saturated carbocycles. The predicted molar refractivity (Wildman–Crippen MR) is 95.1 cm³/mol. The summed E-state index contributed by atoms with van der Waals surface area (Å²) in [7, 11) is 4.61. The maximum Gasteiger partial charge on any atom is 0.244 e. The van der Waals surface area contributed by atoms with E-state index in [2.05, 4.69) is 5.32 Å². The lowest BCUT2D eigenvalue weighted by atomic mass is 10.2.